The van der Waals surface area contributed by atoms with E-state index in [0.29, 0.717) is 25.6 Å². The molecule has 5 amide bonds. The third-order valence-corrected chi connectivity index (χ3v) is 17.6. The van der Waals surface area contributed by atoms with Gasteiger partial charge in [-0.25, -0.2) is 0 Å². The number of rotatable bonds is 24. The zero-order chi connectivity index (χ0) is 65.7. The summed E-state index contributed by atoms with van der Waals surface area (Å²) in [5.74, 6) is 4.44. The second-order valence-electron chi connectivity index (χ2n) is 25.6. The number of hydrogen-bond acceptors (Lipinski definition) is 12. The molecule has 0 radical (unpaired) electrons. The Morgan fingerprint density at radius 1 is 0.454 bits per heavy atom. The van der Waals surface area contributed by atoms with Gasteiger partial charge in [0.05, 0.1) is 104 Å². The van der Waals surface area contributed by atoms with Crippen molar-refractivity contribution < 1.29 is 33.4 Å². The van der Waals surface area contributed by atoms with Crippen LogP contribution in [-0.2, 0) is 28.7 Å². The second kappa shape index (κ2) is 47.0. The SMILES string of the molecule is C.C.C.C.C.C.CC(C)CCCC(C)CCCC(C)CCCC(C)C1CN(c2ccccc2)NC1=O.CC1C(=O)NN(c2ccccc2)C1C.CCC=CCC1CN(c2ccccc2)NC1=O.COCC1CN(c2ccccc2)NC1=O.COc1cccc(N2CC(C)C(=O)N2)c1. The summed E-state index contributed by atoms with van der Waals surface area (Å²) >= 11 is 0. The molecule has 17 nitrogen and oxygen atoms in total. The Bertz CT molecular complexity index is 2980. The molecule has 0 bridgehead atoms. The van der Waals surface area contributed by atoms with Crippen molar-refractivity contribution in [2.45, 2.75) is 184 Å². The van der Waals surface area contributed by atoms with Gasteiger partial charge in [0.15, 0.2) is 0 Å². The Labute approximate surface area is 588 Å². The largest absolute Gasteiger partial charge is 0.497 e. The van der Waals surface area contributed by atoms with Gasteiger partial charge in [0.2, 0.25) is 29.5 Å². The van der Waals surface area contributed by atoms with E-state index in [1.165, 1.54) is 51.4 Å². The van der Waals surface area contributed by atoms with E-state index < -0.39 is 0 Å². The van der Waals surface area contributed by atoms with Gasteiger partial charge in [0.25, 0.3) is 0 Å². The highest BCUT2D eigenvalue weighted by Crippen LogP contribution is 2.30. The Morgan fingerprint density at radius 3 is 1.32 bits per heavy atom. The summed E-state index contributed by atoms with van der Waals surface area (Å²) < 4.78 is 10.1. The molecule has 0 spiro atoms. The Hall–Kier alpha value is -8.05. The molecule has 542 valence electrons. The number of amides is 5. The smallest absolute Gasteiger partial charge is 0.245 e. The summed E-state index contributed by atoms with van der Waals surface area (Å²) in [6, 6.07) is 47.6. The predicted octanol–water partition coefficient (Wildman–Crippen LogP) is 17.1. The highest BCUT2D eigenvalue weighted by molar-refractivity contribution is 5.87. The number of nitrogens with one attached hydrogen (secondary N) is 5. The van der Waals surface area contributed by atoms with Crippen molar-refractivity contribution in [1.29, 1.82) is 0 Å². The first-order valence-corrected chi connectivity index (χ1v) is 33.3. The van der Waals surface area contributed by atoms with E-state index in [9.17, 15) is 24.0 Å². The molecule has 5 aliphatic rings. The van der Waals surface area contributed by atoms with Crippen molar-refractivity contribution in [3.63, 3.8) is 0 Å². The number of allylic oxidation sites excluding steroid dienone is 2. The van der Waals surface area contributed by atoms with Crippen LogP contribution >= 0.6 is 0 Å². The molecule has 5 N–H and O–H groups in total. The number of nitrogens with zero attached hydrogens (tertiary/aromatic N) is 5. The number of hydrazine groups is 5. The molecule has 5 heterocycles. The monoisotopic (exact) mass is 1340 g/mol. The van der Waals surface area contributed by atoms with Crippen molar-refractivity contribution in [2.24, 2.45) is 53.3 Å². The summed E-state index contributed by atoms with van der Waals surface area (Å²) in [6.45, 7) is 23.1. The van der Waals surface area contributed by atoms with Crippen molar-refractivity contribution in [2.75, 3.05) is 72.1 Å². The van der Waals surface area contributed by atoms with Gasteiger partial charge in [-0.2, -0.15) is 0 Å². The number of carbonyl (C=O) groups excluding carboxylic acids is 5. The van der Waals surface area contributed by atoms with Crippen LogP contribution in [0.1, 0.15) is 178 Å². The van der Waals surface area contributed by atoms with Crippen molar-refractivity contribution in [1.82, 2.24) is 27.1 Å². The van der Waals surface area contributed by atoms with Gasteiger partial charge in [-0.3, -0.25) is 76.1 Å². The fourth-order valence-electron chi connectivity index (χ4n) is 11.6. The molecule has 10 rings (SSSR count). The maximum absolute atomic E-state index is 12.5. The van der Waals surface area contributed by atoms with Crippen LogP contribution in [-0.4, -0.2) is 82.6 Å². The molecule has 0 aromatic heterocycles. The van der Waals surface area contributed by atoms with Gasteiger partial charge < -0.3 is 9.47 Å². The average Bonchev–Trinajstić information content (AvgIpc) is 1.73. The summed E-state index contributed by atoms with van der Waals surface area (Å²) in [5, 5.41) is 9.55. The zero-order valence-electron chi connectivity index (χ0n) is 56.2. The number of methoxy groups -OCH3 is 2. The molecule has 9 atom stereocenters. The van der Waals surface area contributed by atoms with Crippen LogP contribution in [0.2, 0.25) is 0 Å². The molecule has 0 saturated carbocycles. The molecule has 17 heteroatoms. The van der Waals surface area contributed by atoms with E-state index in [4.69, 9.17) is 9.47 Å². The summed E-state index contributed by atoms with van der Waals surface area (Å²) in [5.41, 5.74) is 19.6. The fraction of sp³-hybridized carbons (Fsp3) is 0.537. The molecule has 5 aromatic carbocycles. The van der Waals surface area contributed by atoms with E-state index >= 15 is 0 Å². The lowest BCUT2D eigenvalue weighted by atomic mass is 9.87. The quantitative estimate of drug-likeness (QED) is 0.0370. The Morgan fingerprint density at radius 2 is 0.876 bits per heavy atom. The first-order valence-electron chi connectivity index (χ1n) is 33.3. The molecule has 5 fully saturated rings. The average molecular weight is 1340 g/mol. The van der Waals surface area contributed by atoms with Crippen LogP contribution in [0.25, 0.3) is 0 Å². The normalized spacial score (nSPS) is 19.7. The van der Waals surface area contributed by atoms with Gasteiger partial charge in [-0.05, 0) is 111 Å². The summed E-state index contributed by atoms with van der Waals surface area (Å²) in [4.78, 5) is 58.5. The molecule has 9 unspecified atom stereocenters. The summed E-state index contributed by atoms with van der Waals surface area (Å²) in [6.07, 6.45) is 18.0. The van der Waals surface area contributed by atoms with Crippen molar-refractivity contribution in [3.05, 3.63) is 158 Å². The number of benzene rings is 5. The molecular formula is C80H130N10O7. The number of hydrogen-bond donors (Lipinski definition) is 5. The minimum atomic E-state index is -0.0739. The Balaban J connectivity index is 0.00000121. The third-order valence-electron chi connectivity index (χ3n) is 17.6. The lowest BCUT2D eigenvalue weighted by Gasteiger charge is -2.23. The van der Waals surface area contributed by atoms with Gasteiger partial charge in [-0.15, -0.1) is 0 Å². The van der Waals surface area contributed by atoms with E-state index in [2.05, 4.69) is 99.9 Å². The highest BCUT2D eigenvalue weighted by Gasteiger charge is 2.36. The van der Waals surface area contributed by atoms with E-state index in [0.717, 1.165) is 84.3 Å². The predicted molar refractivity (Wildman–Crippen MR) is 410 cm³/mol. The van der Waals surface area contributed by atoms with E-state index in [1.54, 1.807) is 14.2 Å². The van der Waals surface area contributed by atoms with Gasteiger partial charge >= 0.3 is 0 Å². The Kier molecular flexibility index (Phi) is 43.1. The van der Waals surface area contributed by atoms with Crippen LogP contribution in [0.5, 0.6) is 5.75 Å². The van der Waals surface area contributed by atoms with Crippen LogP contribution < -0.4 is 56.9 Å². The highest BCUT2D eigenvalue weighted by atomic mass is 16.5. The number of ether oxygens (including phenoxy) is 2. The fourth-order valence-corrected chi connectivity index (χ4v) is 11.6. The molecule has 97 heavy (non-hydrogen) atoms. The first-order chi connectivity index (χ1) is 43.9. The minimum Gasteiger partial charge on any atom is -0.497 e. The lowest BCUT2D eigenvalue weighted by Crippen LogP contribution is -2.37. The van der Waals surface area contributed by atoms with E-state index in [-0.39, 0.29) is 110 Å². The molecule has 0 aliphatic carbocycles. The van der Waals surface area contributed by atoms with E-state index in [1.807, 2.05) is 172 Å². The van der Waals surface area contributed by atoms with Crippen LogP contribution in [0.15, 0.2) is 158 Å². The molecule has 5 aliphatic heterocycles. The van der Waals surface area contributed by atoms with Crippen molar-refractivity contribution >= 4 is 58.0 Å². The lowest BCUT2D eigenvalue weighted by molar-refractivity contribution is -0.124. The maximum atomic E-state index is 12.5. The van der Waals surface area contributed by atoms with Gasteiger partial charge in [0, 0.05) is 13.2 Å². The molecular weight excluding hydrogens is 1210 g/mol. The topological polar surface area (TPSA) is 180 Å². The van der Waals surface area contributed by atoms with Gasteiger partial charge in [0.1, 0.15) is 5.75 Å². The van der Waals surface area contributed by atoms with Crippen molar-refractivity contribution in [3.8, 4) is 5.75 Å². The second-order valence-corrected chi connectivity index (χ2v) is 25.6. The number of anilines is 5. The zero-order valence-corrected chi connectivity index (χ0v) is 56.2. The minimum absolute atomic E-state index is 0. The third kappa shape index (κ3) is 28.9. The maximum Gasteiger partial charge on any atom is 0.245 e. The standard InChI is InChI=1S/C27H46N2O.C14H18N2O.2C11H14N2O2.C11H14N2O.6CH4/c1-21(2)12-9-13-22(3)14-10-15-23(4)16-11-17-24(5)26-20-29(28-27(26)30)25-18-7-6-8-19-25;1-2-3-5-8-12-11-16(15-14(12)17)13-9-6-4-7-10-13;1-8-7-13(12-11(8)14)9-4-3-5-10(6-9)15-2;1-15-8-9-7-13(12-11(9)14)10-5-3-2-4-6-10;1-8-9(2)13(12-11(8)14)10-6-4-3-5-7-10;;;;;;/h6-8,18-19,21-24,26H,9-17,20H2,1-5H3,(H,28,30);3-7,9-10,12H,2,8,11H2,1H3,(H,15,17);3-6,8H,7H2,1-2H3,(H,12,14);2-6,9H,7-8H2,1H3,(H,12,14);3-9H,1-2H3,(H,12,14);6*1H4. The van der Waals surface area contributed by atoms with Crippen LogP contribution in [0, 0.1) is 53.3 Å². The molecule has 5 aromatic rings. The molecule has 5 saturated heterocycles. The number of carbonyl (C=O) groups is 5. The van der Waals surface area contributed by atoms with Crippen LogP contribution in [0.3, 0.4) is 0 Å². The summed E-state index contributed by atoms with van der Waals surface area (Å²) in [7, 11) is 3.24. The van der Waals surface area contributed by atoms with Crippen LogP contribution in [0.4, 0.5) is 28.4 Å². The van der Waals surface area contributed by atoms with Gasteiger partial charge in [-0.1, -0.05) is 242 Å². The first kappa shape index (κ1) is 89.0. The number of para-hydroxylation sites is 4.